The molecule has 1 aliphatic carbocycles. The van der Waals surface area contributed by atoms with Gasteiger partial charge in [-0.3, -0.25) is 9.78 Å². The molecule has 3 aromatic heterocycles. The van der Waals surface area contributed by atoms with Crippen molar-refractivity contribution in [2.45, 2.75) is 18.8 Å². The maximum absolute atomic E-state index is 11.9. The molecule has 4 aromatic rings. The summed E-state index contributed by atoms with van der Waals surface area (Å²) in [6.45, 7) is 0. The molecule has 5 rings (SSSR count). The van der Waals surface area contributed by atoms with Crippen molar-refractivity contribution >= 4 is 5.65 Å². The van der Waals surface area contributed by atoms with Crippen molar-refractivity contribution in [3.8, 4) is 11.3 Å². The second-order valence-electron chi connectivity index (χ2n) is 6.38. The van der Waals surface area contributed by atoms with Crippen LogP contribution in [-0.2, 0) is 0 Å². The summed E-state index contributed by atoms with van der Waals surface area (Å²) in [5.41, 5.74) is 1.85. The van der Waals surface area contributed by atoms with E-state index in [2.05, 4.69) is 20.1 Å². The number of nitrogens with one attached hydrogen (secondary N) is 2. The molecular weight excluding hydrogens is 368 g/mol. The van der Waals surface area contributed by atoms with Gasteiger partial charge in [0.2, 0.25) is 0 Å². The van der Waals surface area contributed by atoms with E-state index in [1.807, 2.05) is 6.07 Å². The average molecular weight is 383 g/mol. The fourth-order valence-electron chi connectivity index (χ4n) is 2.80. The predicted octanol–water partition coefficient (Wildman–Crippen LogP) is 2.62. The zero-order valence-corrected chi connectivity index (χ0v) is 14.5. The molecule has 1 aromatic carbocycles. The van der Waals surface area contributed by atoms with Crippen molar-refractivity contribution in [1.29, 1.82) is 0 Å². The number of benzene rings is 1. The first kappa shape index (κ1) is 17.8. The van der Waals surface area contributed by atoms with Crippen molar-refractivity contribution in [1.82, 2.24) is 24.6 Å². The summed E-state index contributed by atoms with van der Waals surface area (Å²) in [7, 11) is 0. The lowest BCUT2D eigenvalue weighted by Gasteiger charge is -2.05. The largest absolute Gasteiger partial charge is 0.325 e. The monoisotopic (exact) mass is 383 g/mol. The smallest absolute Gasteiger partial charge is 0.313 e. The summed E-state index contributed by atoms with van der Waals surface area (Å²) in [6.07, 6.45) is 7.10. The predicted molar refractivity (Wildman–Crippen MR) is 98.0 cm³/mol. The number of fused-ring (bicyclic) bond motifs is 1. The third kappa shape index (κ3) is 3.73. The Bertz CT molecular complexity index is 1220. The van der Waals surface area contributed by atoms with E-state index in [4.69, 9.17) is 0 Å². The molecule has 7 nitrogen and oxygen atoms in total. The molecule has 28 heavy (non-hydrogen) atoms. The summed E-state index contributed by atoms with van der Waals surface area (Å²) in [5, 5.41) is 4.38. The number of H-pyrrole nitrogens is 2. The highest BCUT2D eigenvalue weighted by Crippen LogP contribution is 2.42. The molecule has 0 amide bonds. The maximum Gasteiger partial charge on any atom is 0.325 e. The lowest BCUT2D eigenvalue weighted by Crippen LogP contribution is -2.23. The number of hydrogen-bond donors (Lipinski definition) is 2. The van der Waals surface area contributed by atoms with Crippen molar-refractivity contribution in [3.05, 3.63) is 87.0 Å². The number of halogens is 2. The van der Waals surface area contributed by atoms with Gasteiger partial charge < -0.3 is 4.98 Å². The number of hydrogen-bond acceptors (Lipinski definition) is 4. The van der Waals surface area contributed by atoms with E-state index in [1.54, 1.807) is 16.9 Å². The van der Waals surface area contributed by atoms with Crippen LogP contribution in [0.15, 0.2) is 58.5 Å². The fraction of sp³-hybridized carbons (Fsp3) is 0.158. The van der Waals surface area contributed by atoms with Crippen LogP contribution >= 0.6 is 0 Å². The van der Waals surface area contributed by atoms with Gasteiger partial charge in [-0.1, -0.05) is 0 Å². The zero-order chi connectivity index (χ0) is 19.7. The van der Waals surface area contributed by atoms with Gasteiger partial charge in [0.1, 0.15) is 11.6 Å². The Morgan fingerprint density at radius 2 is 1.75 bits per heavy atom. The van der Waals surface area contributed by atoms with Crippen molar-refractivity contribution in [3.63, 3.8) is 0 Å². The van der Waals surface area contributed by atoms with Gasteiger partial charge in [-0.25, -0.2) is 23.1 Å². The normalized spacial score (nSPS) is 13.2. The Kier molecular flexibility index (Phi) is 4.56. The van der Waals surface area contributed by atoms with Crippen LogP contribution in [0, 0.1) is 11.6 Å². The highest BCUT2D eigenvalue weighted by atomic mass is 19.1. The van der Waals surface area contributed by atoms with Crippen LogP contribution in [-0.4, -0.2) is 24.6 Å². The first-order valence-electron chi connectivity index (χ1n) is 8.59. The molecule has 3 heterocycles. The van der Waals surface area contributed by atoms with E-state index in [9.17, 15) is 18.4 Å². The molecular formula is C19H15F2N5O2. The minimum absolute atomic E-state index is 0.349. The molecule has 0 spiro atoms. The first-order valence-corrected chi connectivity index (χ1v) is 8.59. The van der Waals surface area contributed by atoms with Gasteiger partial charge in [0.05, 0.1) is 11.3 Å². The summed E-state index contributed by atoms with van der Waals surface area (Å²) >= 11 is 0. The number of rotatable bonds is 2. The molecule has 1 aliphatic rings. The van der Waals surface area contributed by atoms with E-state index >= 15 is 0 Å². The Morgan fingerprint density at radius 3 is 2.36 bits per heavy atom. The van der Waals surface area contributed by atoms with Crippen molar-refractivity contribution in [2.75, 3.05) is 0 Å². The van der Waals surface area contributed by atoms with Gasteiger partial charge in [-0.15, -0.1) is 0 Å². The second-order valence-corrected chi connectivity index (χ2v) is 6.38. The number of imidazole rings is 1. The summed E-state index contributed by atoms with van der Waals surface area (Å²) in [5.74, 6) is -0.332. The molecule has 2 N–H and O–H groups in total. The lowest BCUT2D eigenvalue weighted by atomic mass is 10.1. The Hall–Kier alpha value is -3.62. The van der Waals surface area contributed by atoms with Gasteiger partial charge in [0, 0.05) is 24.2 Å². The summed E-state index contributed by atoms with van der Waals surface area (Å²) in [4.78, 5) is 31.9. The van der Waals surface area contributed by atoms with Crippen molar-refractivity contribution in [2.24, 2.45) is 0 Å². The van der Waals surface area contributed by atoms with Crippen LogP contribution in [0.25, 0.3) is 16.9 Å². The molecule has 0 aliphatic heterocycles. The number of aromatic nitrogens is 5. The van der Waals surface area contributed by atoms with Crippen LogP contribution in [0.3, 0.4) is 0 Å². The zero-order valence-electron chi connectivity index (χ0n) is 14.5. The van der Waals surface area contributed by atoms with E-state index < -0.39 is 22.9 Å². The van der Waals surface area contributed by atoms with Crippen LogP contribution < -0.4 is 11.2 Å². The van der Waals surface area contributed by atoms with Gasteiger partial charge in [0.25, 0.3) is 5.56 Å². The third-order valence-electron chi connectivity index (χ3n) is 4.30. The van der Waals surface area contributed by atoms with Crippen LogP contribution in [0.1, 0.15) is 24.3 Å². The molecule has 9 heteroatoms. The van der Waals surface area contributed by atoms with Crippen LogP contribution in [0.2, 0.25) is 0 Å². The molecule has 142 valence electrons. The standard InChI is InChI=1S/C13H11N5O2.C6H4F2/c19-12-9(6-15-13(20)16-12)10-5-8(7-1-2-7)11-14-3-4-18(11)17-10;7-5-1-2-6(8)4-3-5/h3-7H,1-2H2,(H2,15,16,19,20);1-4H. The minimum Gasteiger partial charge on any atom is -0.313 e. The molecule has 0 unspecified atom stereocenters. The number of aromatic amines is 2. The van der Waals surface area contributed by atoms with Crippen LogP contribution in [0.5, 0.6) is 0 Å². The van der Waals surface area contributed by atoms with E-state index in [1.165, 1.54) is 6.20 Å². The van der Waals surface area contributed by atoms with Crippen molar-refractivity contribution < 1.29 is 8.78 Å². The van der Waals surface area contributed by atoms with E-state index in [0.717, 1.165) is 48.3 Å². The third-order valence-corrected chi connectivity index (χ3v) is 4.30. The highest BCUT2D eigenvalue weighted by molar-refractivity contribution is 5.62. The summed E-state index contributed by atoms with van der Waals surface area (Å²) in [6, 6.07) is 6.21. The van der Waals surface area contributed by atoms with E-state index in [-0.39, 0.29) is 0 Å². The van der Waals surface area contributed by atoms with Gasteiger partial charge in [0.15, 0.2) is 5.65 Å². The van der Waals surface area contributed by atoms with Gasteiger partial charge in [-0.05, 0) is 49.1 Å². The highest BCUT2D eigenvalue weighted by Gasteiger charge is 2.27. The Labute approximate surface area is 156 Å². The average Bonchev–Trinajstić information content (AvgIpc) is 3.41. The molecule has 1 fully saturated rings. The Balaban J connectivity index is 0.000000203. The lowest BCUT2D eigenvalue weighted by molar-refractivity contribution is 0.600. The molecule has 1 saturated carbocycles. The topological polar surface area (TPSA) is 95.9 Å². The molecule has 0 atom stereocenters. The van der Waals surface area contributed by atoms with Gasteiger partial charge >= 0.3 is 5.69 Å². The fourth-order valence-corrected chi connectivity index (χ4v) is 2.80. The SMILES string of the molecule is Fc1ccc(F)cc1.O=c1[nH]cc(-c2cc(C3CC3)c3nccn3n2)c(=O)[nH]1. The second kappa shape index (κ2) is 7.18. The molecule has 0 radical (unpaired) electrons. The number of nitrogens with zero attached hydrogens (tertiary/aromatic N) is 3. The molecule has 0 saturated heterocycles. The summed E-state index contributed by atoms with van der Waals surface area (Å²) < 4.78 is 25.5. The minimum atomic E-state index is -0.523. The first-order chi connectivity index (χ1) is 13.5. The Morgan fingerprint density at radius 1 is 1.07 bits per heavy atom. The van der Waals surface area contributed by atoms with E-state index in [0.29, 0.717) is 17.2 Å². The maximum atomic E-state index is 11.9. The van der Waals surface area contributed by atoms with Gasteiger partial charge in [-0.2, -0.15) is 5.10 Å². The molecule has 0 bridgehead atoms. The quantitative estimate of drug-likeness (QED) is 0.556. The van der Waals surface area contributed by atoms with Crippen LogP contribution in [0.4, 0.5) is 8.78 Å².